The van der Waals surface area contributed by atoms with Gasteiger partial charge >= 0.3 is 0 Å². The van der Waals surface area contributed by atoms with Gasteiger partial charge in [-0.15, -0.1) is 0 Å². The lowest BCUT2D eigenvalue weighted by molar-refractivity contribution is -0.116. The predicted molar refractivity (Wildman–Crippen MR) is 64.5 cm³/mol. The molecule has 1 aliphatic rings. The molecule has 1 N–H and O–H groups in total. The molecule has 1 aliphatic heterocycles. The third kappa shape index (κ3) is 1.93. The van der Waals surface area contributed by atoms with Gasteiger partial charge in [0, 0.05) is 19.2 Å². The van der Waals surface area contributed by atoms with E-state index in [1.165, 1.54) is 6.08 Å². The van der Waals surface area contributed by atoms with E-state index in [0.29, 0.717) is 12.1 Å². The lowest BCUT2D eigenvalue weighted by atomic mass is 10.0. The molecule has 0 radical (unpaired) electrons. The first-order valence-electron chi connectivity index (χ1n) is 5.41. The number of nitrogens with one attached hydrogen (secondary N) is 1. The molecule has 0 aromatic heterocycles. The summed E-state index contributed by atoms with van der Waals surface area (Å²) in [7, 11) is 1.74. The minimum atomic E-state index is -0.227. The minimum Gasteiger partial charge on any atom is -0.350 e. The van der Waals surface area contributed by atoms with Crippen molar-refractivity contribution in [2.45, 2.75) is 6.04 Å². The van der Waals surface area contributed by atoms with E-state index in [1.807, 2.05) is 24.3 Å². The van der Waals surface area contributed by atoms with Crippen LogP contribution in [0.1, 0.15) is 22.0 Å². The second-order valence-corrected chi connectivity index (χ2v) is 3.97. The Bertz CT molecular complexity index is 482. The SMILES string of the molecule is C=CC(=O)NCC1c2ccccc2C(=O)N1C. The van der Waals surface area contributed by atoms with Crippen molar-refractivity contribution in [3.8, 4) is 0 Å². The summed E-state index contributed by atoms with van der Waals surface area (Å²) < 4.78 is 0. The zero-order valence-electron chi connectivity index (χ0n) is 9.64. The topological polar surface area (TPSA) is 49.4 Å². The molecule has 1 aromatic carbocycles. The molecular weight excluding hydrogens is 216 g/mol. The number of carbonyl (C=O) groups is 2. The van der Waals surface area contributed by atoms with E-state index in [4.69, 9.17) is 0 Å². The van der Waals surface area contributed by atoms with Crippen molar-refractivity contribution in [2.75, 3.05) is 13.6 Å². The van der Waals surface area contributed by atoms with Gasteiger partial charge in [0.15, 0.2) is 0 Å². The van der Waals surface area contributed by atoms with Crippen LogP contribution in [0.3, 0.4) is 0 Å². The number of hydrogen-bond donors (Lipinski definition) is 1. The van der Waals surface area contributed by atoms with Crippen molar-refractivity contribution >= 4 is 11.8 Å². The van der Waals surface area contributed by atoms with Crippen LogP contribution in [-0.4, -0.2) is 30.3 Å². The Morgan fingerprint density at radius 2 is 2.24 bits per heavy atom. The predicted octanol–water partition coefficient (Wildman–Crippen LogP) is 1.12. The fourth-order valence-corrected chi connectivity index (χ4v) is 2.04. The molecular formula is C13H14N2O2. The smallest absolute Gasteiger partial charge is 0.254 e. The van der Waals surface area contributed by atoms with Crippen LogP contribution in [0.2, 0.25) is 0 Å². The quantitative estimate of drug-likeness (QED) is 0.791. The van der Waals surface area contributed by atoms with Gasteiger partial charge in [-0.25, -0.2) is 0 Å². The van der Waals surface area contributed by atoms with Gasteiger partial charge in [0.2, 0.25) is 5.91 Å². The molecule has 1 aromatic rings. The Hall–Kier alpha value is -2.10. The third-order valence-corrected chi connectivity index (χ3v) is 2.99. The fraction of sp³-hybridized carbons (Fsp3) is 0.231. The average Bonchev–Trinajstić information content (AvgIpc) is 2.60. The second kappa shape index (κ2) is 4.41. The lowest BCUT2D eigenvalue weighted by Crippen LogP contribution is -2.33. The number of rotatable bonds is 3. The zero-order valence-corrected chi connectivity index (χ0v) is 9.64. The maximum absolute atomic E-state index is 11.9. The van der Waals surface area contributed by atoms with E-state index in [0.717, 1.165) is 5.56 Å². The van der Waals surface area contributed by atoms with Crippen molar-refractivity contribution in [3.05, 3.63) is 48.0 Å². The van der Waals surface area contributed by atoms with Crippen LogP contribution in [-0.2, 0) is 4.79 Å². The first kappa shape index (κ1) is 11.4. The average molecular weight is 230 g/mol. The molecule has 2 rings (SSSR count). The van der Waals surface area contributed by atoms with Crippen LogP contribution in [0.5, 0.6) is 0 Å². The number of fused-ring (bicyclic) bond motifs is 1. The van der Waals surface area contributed by atoms with Crippen LogP contribution in [0, 0.1) is 0 Å². The van der Waals surface area contributed by atoms with Crippen molar-refractivity contribution < 1.29 is 9.59 Å². The van der Waals surface area contributed by atoms with Gasteiger partial charge < -0.3 is 10.2 Å². The Morgan fingerprint density at radius 3 is 2.94 bits per heavy atom. The van der Waals surface area contributed by atoms with E-state index in [2.05, 4.69) is 11.9 Å². The Morgan fingerprint density at radius 1 is 1.53 bits per heavy atom. The highest BCUT2D eigenvalue weighted by molar-refractivity contribution is 5.99. The van der Waals surface area contributed by atoms with Crippen molar-refractivity contribution in [2.24, 2.45) is 0 Å². The van der Waals surface area contributed by atoms with Gasteiger partial charge in [-0.05, 0) is 17.7 Å². The minimum absolute atomic E-state index is 0.00143. The van der Waals surface area contributed by atoms with E-state index < -0.39 is 0 Å². The number of likely N-dealkylation sites (N-methyl/N-ethyl adjacent to an activating group) is 1. The van der Waals surface area contributed by atoms with E-state index in [-0.39, 0.29) is 17.9 Å². The van der Waals surface area contributed by atoms with Crippen molar-refractivity contribution in [1.82, 2.24) is 10.2 Å². The largest absolute Gasteiger partial charge is 0.350 e. The summed E-state index contributed by atoms with van der Waals surface area (Å²) in [5.41, 5.74) is 1.68. The van der Waals surface area contributed by atoms with Gasteiger partial charge in [0.25, 0.3) is 5.91 Å². The lowest BCUT2D eigenvalue weighted by Gasteiger charge is -2.20. The normalized spacial score (nSPS) is 17.8. The first-order valence-corrected chi connectivity index (χ1v) is 5.41. The summed E-state index contributed by atoms with van der Waals surface area (Å²) in [5.74, 6) is -0.228. The van der Waals surface area contributed by atoms with Gasteiger partial charge in [-0.2, -0.15) is 0 Å². The summed E-state index contributed by atoms with van der Waals surface area (Å²) in [4.78, 5) is 24.7. The number of amides is 2. The third-order valence-electron chi connectivity index (χ3n) is 2.99. The molecule has 1 heterocycles. The zero-order chi connectivity index (χ0) is 12.4. The van der Waals surface area contributed by atoms with Crippen LogP contribution in [0.4, 0.5) is 0 Å². The molecule has 0 saturated heterocycles. The molecule has 88 valence electrons. The van der Waals surface area contributed by atoms with E-state index in [9.17, 15) is 9.59 Å². The number of hydrogen-bond acceptors (Lipinski definition) is 2. The van der Waals surface area contributed by atoms with Crippen LogP contribution < -0.4 is 5.32 Å². The number of benzene rings is 1. The van der Waals surface area contributed by atoms with Gasteiger partial charge in [0.05, 0.1) is 6.04 Å². The number of carbonyl (C=O) groups excluding carboxylic acids is 2. The van der Waals surface area contributed by atoms with Gasteiger partial charge in [-0.1, -0.05) is 24.8 Å². The Kier molecular flexibility index (Phi) is 2.95. The molecule has 0 bridgehead atoms. The molecule has 0 fully saturated rings. The summed E-state index contributed by atoms with van der Waals surface area (Å²) in [6.07, 6.45) is 1.22. The molecule has 0 saturated carbocycles. The molecule has 4 heteroatoms. The van der Waals surface area contributed by atoms with E-state index >= 15 is 0 Å². The molecule has 1 atom stereocenters. The highest BCUT2D eigenvalue weighted by atomic mass is 16.2. The summed E-state index contributed by atoms with van der Waals surface area (Å²) in [5, 5.41) is 2.72. The highest BCUT2D eigenvalue weighted by Crippen LogP contribution is 2.31. The van der Waals surface area contributed by atoms with Crippen molar-refractivity contribution in [3.63, 3.8) is 0 Å². The maximum atomic E-state index is 11.9. The van der Waals surface area contributed by atoms with Crippen molar-refractivity contribution in [1.29, 1.82) is 0 Å². The summed E-state index contributed by atoms with van der Waals surface area (Å²) in [6, 6.07) is 7.37. The molecule has 2 amide bonds. The summed E-state index contributed by atoms with van der Waals surface area (Å²) in [6.45, 7) is 3.80. The van der Waals surface area contributed by atoms with E-state index in [1.54, 1.807) is 11.9 Å². The molecule has 0 aliphatic carbocycles. The number of nitrogens with zero attached hydrogens (tertiary/aromatic N) is 1. The van der Waals surface area contributed by atoms with Gasteiger partial charge in [-0.3, -0.25) is 9.59 Å². The maximum Gasteiger partial charge on any atom is 0.254 e. The first-order chi connectivity index (χ1) is 8.15. The fourth-order valence-electron chi connectivity index (χ4n) is 2.04. The van der Waals surface area contributed by atoms with Crippen LogP contribution in [0.25, 0.3) is 0 Å². The van der Waals surface area contributed by atoms with Gasteiger partial charge in [0.1, 0.15) is 0 Å². The monoisotopic (exact) mass is 230 g/mol. The summed E-state index contributed by atoms with van der Waals surface area (Å²) >= 11 is 0. The molecule has 0 spiro atoms. The molecule has 1 unspecified atom stereocenters. The highest BCUT2D eigenvalue weighted by Gasteiger charge is 2.33. The Labute approximate surface area is 99.9 Å². The second-order valence-electron chi connectivity index (χ2n) is 3.97. The molecule has 4 nitrogen and oxygen atoms in total. The Balaban J connectivity index is 2.21. The van der Waals surface area contributed by atoms with Crippen LogP contribution >= 0.6 is 0 Å². The van der Waals surface area contributed by atoms with Crippen LogP contribution in [0.15, 0.2) is 36.9 Å². The molecule has 17 heavy (non-hydrogen) atoms. The standard InChI is InChI=1S/C13H14N2O2/c1-3-12(16)14-8-11-9-6-4-5-7-10(9)13(17)15(11)2/h3-7,11H,1,8H2,2H3,(H,14,16).